The van der Waals surface area contributed by atoms with Crippen molar-refractivity contribution in [2.45, 2.75) is 175 Å². The number of hydrogen-bond acceptors (Lipinski definition) is 5. The van der Waals surface area contributed by atoms with Gasteiger partial charge in [0.25, 0.3) is 0 Å². The average molecular weight is 715 g/mol. The molecule has 5 nitrogen and oxygen atoms in total. The van der Waals surface area contributed by atoms with E-state index in [0.29, 0.717) is 35.5 Å². The van der Waals surface area contributed by atoms with E-state index in [1.807, 2.05) is 0 Å². The molecule has 5 aliphatic carbocycles. The number of hydrogen-bond donors (Lipinski definition) is 3. The first-order chi connectivity index (χ1) is 25.0. The number of carbonyl (C=O) groups excluding carboxylic acids is 1. The van der Waals surface area contributed by atoms with Crippen LogP contribution in [0, 0.1) is 45.3 Å². The molecule has 1 heterocycles. The van der Waals surface area contributed by atoms with Crippen LogP contribution in [0.3, 0.4) is 0 Å². The highest BCUT2D eigenvalue weighted by molar-refractivity contribution is 6.02. The van der Waals surface area contributed by atoms with Crippen LogP contribution in [0.5, 0.6) is 17.2 Å². The summed E-state index contributed by atoms with van der Waals surface area (Å²) in [6, 6.07) is 1.45. The Kier molecular flexibility index (Phi) is 10.5. The quantitative estimate of drug-likeness (QED) is 0.0849. The van der Waals surface area contributed by atoms with Gasteiger partial charge >= 0.3 is 0 Å². The number of ketones is 1. The Morgan fingerprint density at radius 3 is 2.29 bits per heavy atom. The number of carbonyl (C=O) groups is 1. The maximum absolute atomic E-state index is 14.2. The molecular formula is C47H70O5. The van der Waals surface area contributed by atoms with Crippen LogP contribution < -0.4 is 4.74 Å². The second-order valence-corrected chi connectivity index (χ2v) is 19.2. The van der Waals surface area contributed by atoms with Gasteiger partial charge in [0.05, 0.1) is 0 Å². The Balaban J connectivity index is 1.07. The Morgan fingerprint density at radius 2 is 1.60 bits per heavy atom. The lowest BCUT2D eigenvalue weighted by atomic mass is 9.41. The SMILES string of the molecule is CCCC/C=C\C/C=C\CCCCCCCCC(=O)c1c(O)cc(O)c2c1O[C@@]13[C@@H]2C[C@@H]2[C@@](C)(CO)CCC[C@@]2(C)[C@H]1CCCC1(C(C)C)C2CC213. The van der Waals surface area contributed by atoms with E-state index >= 15 is 0 Å². The van der Waals surface area contributed by atoms with Crippen LogP contribution in [0.25, 0.3) is 0 Å². The molecule has 2 spiro atoms. The van der Waals surface area contributed by atoms with Gasteiger partial charge in [0.15, 0.2) is 5.78 Å². The summed E-state index contributed by atoms with van der Waals surface area (Å²) in [7, 11) is 0. The average Bonchev–Trinajstić information content (AvgIpc) is 3.96. The van der Waals surface area contributed by atoms with E-state index in [4.69, 9.17) is 4.74 Å². The maximum atomic E-state index is 14.2. The number of phenolic OH excluding ortho intramolecular Hbond substituents is 2. The third-order valence-corrected chi connectivity index (χ3v) is 16.4. The number of unbranched alkanes of at least 4 members (excludes halogenated alkanes) is 8. The molecule has 1 aromatic carbocycles. The lowest BCUT2D eigenvalue weighted by molar-refractivity contribution is -0.197. The van der Waals surface area contributed by atoms with Gasteiger partial charge in [0, 0.05) is 41.9 Å². The highest BCUT2D eigenvalue weighted by atomic mass is 16.5. The van der Waals surface area contributed by atoms with Crippen molar-refractivity contribution in [3.05, 3.63) is 41.5 Å². The number of aromatic hydroxyl groups is 2. The molecule has 0 saturated heterocycles. The highest BCUT2D eigenvalue weighted by Gasteiger charge is 2.99. The Labute approximate surface area is 315 Å². The minimum absolute atomic E-state index is 0.00909. The summed E-state index contributed by atoms with van der Waals surface area (Å²) in [5.74, 6) is 2.13. The predicted octanol–water partition coefficient (Wildman–Crippen LogP) is 12.0. The second-order valence-electron chi connectivity index (χ2n) is 19.2. The lowest BCUT2D eigenvalue weighted by Crippen LogP contribution is -2.65. The van der Waals surface area contributed by atoms with Crippen LogP contribution in [0.15, 0.2) is 30.4 Å². The van der Waals surface area contributed by atoms with Gasteiger partial charge in [-0.05, 0) is 105 Å². The summed E-state index contributed by atoms with van der Waals surface area (Å²) in [6.45, 7) is 12.0. The van der Waals surface area contributed by atoms with Crippen molar-refractivity contribution in [1.29, 1.82) is 0 Å². The van der Waals surface area contributed by atoms with Gasteiger partial charge < -0.3 is 20.1 Å². The molecule has 0 bridgehead atoms. The molecule has 1 aromatic rings. The number of phenols is 2. The standard InChI is InChI=1S/C47H70O5/c1-6-7-8-9-10-11-12-13-14-15-16-17-18-19-20-23-34(49)41-36(51)29-35(50)40-33-28-38-43(4,31-48)25-22-26-44(38,5)37-24-21-27-45(32(2)3)39-30-46(39,45)47(33,37)52-42(40)41/h9-10,12-13,29,32-33,37-39,48,50-51H,6-8,11,14-28,30-31H2,1-5H3/b10-9-,13-12-/t33-,37-,38-,39?,43-,44+,45?,46?,47+/m1/s1. The third-order valence-electron chi connectivity index (χ3n) is 16.4. The summed E-state index contributed by atoms with van der Waals surface area (Å²) >= 11 is 0. The van der Waals surface area contributed by atoms with E-state index in [9.17, 15) is 20.1 Å². The van der Waals surface area contributed by atoms with E-state index in [0.717, 1.165) is 69.8 Å². The monoisotopic (exact) mass is 715 g/mol. The van der Waals surface area contributed by atoms with Crippen molar-refractivity contribution in [3.63, 3.8) is 0 Å². The number of rotatable bonds is 17. The van der Waals surface area contributed by atoms with Gasteiger partial charge in [-0.25, -0.2) is 0 Å². The first-order valence-electron chi connectivity index (χ1n) is 21.7. The number of aliphatic hydroxyl groups is 1. The van der Waals surface area contributed by atoms with Crippen LogP contribution in [0.2, 0.25) is 0 Å². The summed E-state index contributed by atoms with van der Waals surface area (Å²) in [5.41, 5.74) is 0.754. The minimum Gasteiger partial charge on any atom is -0.507 e. The van der Waals surface area contributed by atoms with Crippen LogP contribution >= 0.6 is 0 Å². The van der Waals surface area contributed by atoms with E-state index in [-0.39, 0.29) is 57.4 Å². The van der Waals surface area contributed by atoms with Gasteiger partial charge in [0.1, 0.15) is 28.4 Å². The Bertz CT molecular complexity index is 1540. The summed E-state index contributed by atoms with van der Waals surface area (Å²) in [6.07, 6.45) is 30.8. The predicted molar refractivity (Wildman–Crippen MR) is 210 cm³/mol. The molecule has 52 heavy (non-hydrogen) atoms. The number of fused-ring (bicyclic) bond motifs is 5. The van der Waals surface area contributed by atoms with Crippen molar-refractivity contribution in [1.82, 2.24) is 0 Å². The lowest BCUT2D eigenvalue weighted by Gasteiger charge is -2.65. The van der Waals surface area contributed by atoms with Crippen molar-refractivity contribution < 1.29 is 24.9 Å². The first kappa shape index (κ1) is 38.0. The summed E-state index contributed by atoms with van der Waals surface area (Å²) in [5, 5.41) is 34.0. The molecule has 288 valence electrons. The van der Waals surface area contributed by atoms with Crippen molar-refractivity contribution >= 4 is 5.78 Å². The fourth-order valence-corrected chi connectivity index (χ4v) is 14.0. The zero-order chi connectivity index (χ0) is 36.9. The van der Waals surface area contributed by atoms with E-state index in [1.54, 1.807) is 0 Å². The van der Waals surface area contributed by atoms with Gasteiger partial charge in [0.2, 0.25) is 0 Å². The molecule has 3 unspecified atom stereocenters. The highest BCUT2D eigenvalue weighted by Crippen LogP contribution is 2.99. The fourth-order valence-electron chi connectivity index (χ4n) is 14.0. The second kappa shape index (κ2) is 14.4. The minimum atomic E-state index is -0.486. The fraction of sp³-hybridized carbons (Fsp3) is 0.766. The van der Waals surface area contributed by atoms with Gasteiger partial charge in [-0.2, -0.15) is 0 Å². The molecule has 0 aromatic heterocycles. The van der Waals surface area contributed by atoms with Crippen LogP contribution in [0.4, 0.5) is 0 Å². The van der Waals surface area contributed by atoms with E-state index < -0.39 is 5.60 Å². The molecule has 6 aliphatic rings. The molecule has 5 saturated carbocycles. The largest absolute Gasteiger partial charge is 0.507 e. The van der Waals surface area contributed by atoms with Gasteiger partial charge in [-0.1, -0.05) is 110 Å². The molecule has 9 atom stereocenters. The normalized spacial score (nSPS) is 38.2. The van der Waals surface area contributed by atoms with Gasteiger partial charge in [-0.15, -0.1) is 0 Å². The molecule has 0 radical (unpaired) electrons. The van der Waals surface area contributed by atoms with Crippen LogP contribution in [-0.4, -0.2) is 33.3 Å². The van der Waals surface area contributed by atoms with Crippen LogP contribution in [0.1, 0.15) is 185 Å². The molecule has 3 N–H and O–H groups in total. The van der Waals surface area contributed by atoms with Crippen LogP contribution in [-0.2, 0) is 0 Å². The molecular weight excluding hydrogens is 645 g/mol. The maximum Gasteiger partial charge on any atom is 0.170 e. The molecule has 5 heteroatoms. The smallest absolute Gasteiger partial charge is 0.170 e. The molecule has 5 fully saturated rings. The summed E-state index contributed by atoms with van der Waals surface area (Å²) in [4.78, 5) is 14.2. The Hall–Kier alpha value is -2.27. The number of Topliss-reactive ketones (excluding diaryl/α,β-unsaturated/α-hetero) is 1. The van der Waals surface area contributed by atoms with Crippen molar-refractivity contribution in [3.8, 4) is 17.2 Å². The number of allylic oxidation sites excluding steroid dienone is 4. The topological polar surface area (TPSA) is 87.0 Å². The zero-order valence-corrected chi connectivity index (χ0v) is 33.3. The zero-order valence-electron chi connectivity index (χ0n) is 33.3. The van der Waals surface area contributed by atoms with E-state index in [2.05, 4.69) is 58.9 Å². The van der Waals surface area contributed by atoms with Crippen molar-refractivity contribution in [2.75, 3.05) is 6.61 Å². The number of benzene rings is 1. The molecule has 7 rings (SSSR count). The summed E-state index contributed by atoms with van der Waals surface area (Å²) < 4.78 is 7.60. The first-order valence-corrected chi connectivity index (χ1v) is 21.7. The van der Waals surface area contributed by atoms with Crippen molar-refractivity contribution in [2.24, 2.45) is 45.3 Å². The molecule has 1 aliphatic heterocycles. The number of ether oxygens (including phenoxy) is 1. The van der Waals surface area contributed by atoms with E-state index in [1.165, 1.54) is 63.9 Å². The Morgan fingerprint density at radius 1 is 0.885 bits per heavy atom. The number of aliphatic hydroxyl groups excluding tert-OH is 1. The third kappa shape index (κ3) is 5.58. The molecule has 0 amide bonds. The van der Waals surface area contributed by atoms with Gasteiger partial charge in [-0.3, -0.25) is 4.79 Å².